The zero-order chi connectivity index (χ0) is 21.0. The molecule has 1 aliphatic rings. The standard InChI is InChI=1S/C24H26N2O3S/c27-24(17-21-11-5-10-20-8-3-4-12-23(20)21)25-14-6-16-30(28,29)26-15-13-19-7-1-2-9-22(19)18-26/h1-5,7-12H,6,13-18H2,(H,25,27). The van der Waals surface area contributed by atoms with Crippen molar-refractivity contribution in [3.05, 3.63) is 83.4 Å². The van der Waals surface area contributed by atoms with Gasteiger partial charge in [-0.05, 0) is 40.3 Å². The predicted octanol–water partition coefficient (Wildman–Crippen LogP) is 3.28. The van der Waals surface area contributed by atoms with Crippen LogP contribution in [0.3, 0.4) is 0 Å². The summed E-state index contributed by atoms with van der Waals surface area (Å²) in [5, 5.41) is 5.05. The van der Waals surface area contributed by atoms with E-state index in [9.17, 15) is 13.2 Å². The average Bonchev–Trinajstić information content (AvgIpc) is 2.77. The zero-order valence-corrected chi connectivity index (χ0v) is 17.7. The van der Waals surface area contributed by atoms with E-state index in [2.05, 4.69) is 11.4 Å². The maximum atomic E-state index is 12.7. The Bertz CT molecular complexity index is 1150. The van der Waals surface area contributed by atoms with Crippen molar-refractivity contribution in [2.45, 2.75) is 25.8 Å². The number of rotatable bonds is 7. The second-order valence-corrected chi connectivity index (χ2v) is 9.78. The Morgan fingerprint density at radius 2 is 1.67 bits per heavy atom. The van der Waals surface area contributed by atoms with Gasteiger partial charge in [-0.1, -0.05) is 66.7 Å². The van der Waals surface area contributed by atoms with Crippen LogP contribution in [0.5, 0.6) is 0 Å². The van der Waals surface area contributed by atoms with Gasteiger partial charge in [0.25, 0.3) is 0 Å². The molecular formula is C24H26N2O3S. The van der Waals surface area contributed by atoms with Gasteiger partial charge in [-0.3, -0.25) is 4.79 Å². The van der Waals surface area contributed by atoms with Crippen molar-refractivity contribution in [1.29, 1.82) is 0 Å². The largest absolute Gasteiger partial charge is 0.356 e. The maximum absolute atomic E-state index is 12.7. The summed E-state index contributed by atoms with van der Waals surface area (Å²) in [7, 11) is -3.33. The Morgan fingerprint density at radius 3 is 2.53 bits per heavy atom. The summed E-state index contributed by atoms with van der Waals surface area (Å²) < 4.78 is 26.9. The van der Waals surface area contributed by atoms with E-state index < -0.39 is 10.0 Å². The average molecular weight is 423 g/mol. The van der Waals surface area contributed by atoms with Crippen molar-refractivity contribution in [2.24, 2.45) is 0 Å². The van der Waals surface area contributed by atoms with E-state index in [0.717, 1.165) is 28.3 Å². The first-order valence-electron chi connectivity index (χ1n) is 10.3. The summed E-state index contributed by atoms with van der Waals surface area (Å²) in [6, 6.07) is 21.9. The first-order valence-corrected chi connectivity index (χ1v) is 11.9. The highest BCUT2D eigenvalue weighted by Gasteiger charge is 2.26. The van der Waals surface area contributed by atoms with E-state index in [0.29, 0.717) is 26.1 Å². The van der Waals surface area contributed by atoms with Gasteiger partial charge in [0.2, 0.25) is 15.9 Å². The Kier molecular flexibility index (Phi) is 6.16. The van der Waals surface area contributed by atoms with E-state index in [1.54, 1.807) is 4.31 Å². The van der Waals surface area contributed by atoms with Crippen molar-refractivity contribution in [1.82, 2.24) is 9.62 Å². The second kappa shape index (κ2) is 8.98. The molecule has 0 fully saturated rings. The number of hydrogen-bond acceptors (Lipinski definition) is 3. The molecule has 3 aromatic carbocycles. The van der Waals surface area contributed by atoms with Gasteiger partial charge in [0, 0.05) is 19.6 Å². The molecule has 0 saturated heterocycles. The smallest absolute Gasteiger partial charge is 0.224 e. The highest BCUT2D eigenvalue weighted by Crippen LogP contribution is 2.21. The third-order valence-electron chi connectivity index (χ3n) is 5.62. The Morgan fingerprint density at radius 1 is 0.933 bits per heavy atom. The molecule has 1 N–H and O–H groups in total. The van der Waals surface area contributed by atoms with Crippen molar-refractivity contribution >= 4 is 26.7 Å². The van der Waals surface area contributed by atoms with Crippen LogP contribution < -0.4 is 5.32 Å². The fourth-order valence-corrected chi connectivity index (χ4v) is 5.47. The third-order valence-corrected chi connectivity index (χ3v) is 7.52. The SMILES string of the molecule is O=C(Cc1cccc2ccccc12)NCCCS(=O)(=O)N1CCc2ccccc2C1. The first-order chi connectivity index (χ1) is 14.5. The quantitative estimate of drug-likeness (QED) is 0.594. The van der Waals surface area contributed by atoms with Crippen molar-refractivity contribution < 1.29 is 13.2 Å². The lowest BCUT2D eigenvalue weighted by Crippen LogP contribution is -2.38. The molecule has 0 aliphatic carbocycles. The number of benzene rings is 3. The summed E-state index contributed by atoms with van der Waals surface area (Å²) in [4.78, 5) is 12.3. The summed E-state index contributed by atoms with van der Waals surface area (Å²) in [6.45, 7) is 1.31. The molecule has 0 aromatic heterocycles. The van der Waals surface area contributed by atoms with E-state index in [4.69, 9.17) is 0 Å². The lowest BCUT2D eigenvalue weighted by molar-refractivity contribution is -0.120. The molecule has 5 nitrogen and oxygen atoms in total. The Balaban J connectivity index is 1.27. The van der Waals surface area contributed by atoms with Gasteiger partial charge >= 0.3 is 0 Å². The van der Waals surface area contributed by atoms with Gasteiger partial charge in [0.1, 0.15) is 0 Å². The minimum atomic E-state index is -3.33. The number of hydrogen-bond donors (Lipinski definition) is 1. The van der Waals surface area contributed by atoms with Crippen LogP contribution in [0.1, 0.15) is 23.1 Å². The number of fused-ring (bicyclic) bond motifs is 2. The Labute approximate surface area is 177 Å². The normalized spacial score (nSPS) is 14.4. The summed E-state index contributed by atoms with van der Waals surface area (Å²) >= 11 is 0. The topological polar surface area (TPSA) is 66.5 Å². The second-order valence-electron chi connectivity index (χ2n) is 7.69. The highest BCUT2D eigenvalue weighted by molar-refractivity contribution is 7.89. The van der Waals surface area contributed by atoms with Gasteiger partial charge in [0.15, 0.2) is 0 Å². The van der Waals surface area contributed by atoms with Crippen LogP contribution >= 0.6 is 0 Å². The number of sulfonamides is 1. The van der Waals surface area contributed by atoms with Gasteiger partial charge in [-0.25, -0.2) is 8.42 Å². The van der Waals surface area contributed by atoms with E-state index in [1.165, 1.54) is 5.56 Å². The van der Waals surface area contributed by atoms with Crippen LogP contribution in [-0.2, 0) is 34.2 Å². The zero-order valence-electron chi connectivity index (χ0n) is 16.9. The monoisotopic (exact) mass is 422 g/mol. The fourth-order valence-electron chi connectivity index (χ4n) is 4.00. The fraction of sp³-hybridized carbons (Fsp3) is 0.292. The van der Waals surface area contributed by atoms with Crippen LogP contribution in [0.4, 0.5) is 0 Å². The van der Waals surface area contributed by atoms with Gasteiger partial charge < -0.3 is 5.32 Å². The molecule has 1 aliphatic heterocycles. The van der Waals surface area contributed by atoms with E-state index >= 15 is 0 Å². The van der Waals surface area contributed by atoms with E-state index in [1.807, 2.05) is 60.7 Å². The molecular weight excluding hydrogens is 396 g/mol. The molecule has 30 heavy (non-hydrogen) atoms. The number of carbonyl (C=O) groups is 1. The van der Waals surface area contributed by atoms with Crippen molar-refractivity contribution in [3.63, 3.8) is 0 Å². The van der Waals surface area contributed by atoms with Crippen LogP contribution in [0, 0.1) is 0 Å². The minimum absolute atomic E-state index is 0.0454. The van der Waals surface area contributed by atoms with Crippen LogP contribution in [0.15, 0.2) is 66.7 Å². The summed E-state index contributed by atoms with van der Waals surface area (Å²) in [6.07, 6.45) is 1.44. The molecule has 0 bridgehead atoms. The van der Waals surface area contributed by atoms with Crippen LogP contribution in [0.25, 0.3) is 10.8 Å². The molecule has 0 radical (unpaired) electrons. The molecule has 0 saturated carbocycles. The highest BCUT2D eigenvalue weighted by atomic mass is 32.2. The molecule has 156 valence electrons. The Hall–Kier alpha value is -2.70. The minimum Gasteiger partial charge on any atom is -0.356 e. The first kappa shape index (κ1) is 20.6. The summed E-state index contributed by atoms with van der Waals surface area (Å²) in [5.74, 6) is -0.0420. The van der Waals surface area contributed by atoms with Crippen molar-refractivity contribution in [3.8, 4) is 0 Å². The van der Waals surface area contributed by atoms with Crippen molar-refractivity contribution in [2.75, 3.05) is 18.8 Å². The molecule has 0 spiro atoms. The lowest BCUT2D eigenvalue weighted by Gasteiger charge is -2.28. The predicted molar refractivity (Wildman–Crippen MR) is 120 cm³/mol. The third kappa shape index (κ3) is 4.71. The van der Waals surface area contributed by atoms with Gasteiger partial charge in [0.05, 0.1) is 12.2 Å². The molecule has 1 amide bonds. The molecule has 3 aromatic rings. The molecule has 6 heteroatoms. The van der Waals surface area contributed by atoms with Gasteiger partial charge in [-0.2, -0.15) is 4.31 Å². The van der Waals surface area contributed by atoms with Gasteiger partial charge in [-0.15, -0.1) is 0 Å². The number of amides is 1. The molecule has 0 atom stereocenters. The summed E-state index contributed by atoms with van der Waals surface area (Å²) in [5.41, 5.74) is 3.28. The molecule has 0 unspecified atom stereocenters. The number of carbonyl (C=O) groups excluding carboxylic acids is 1. The number of nitrogens with zero attached hydrogens (tertiary/aromatic N) is 1. The lowest BCUT2D eigenvalue weighted by atomic mass is 10.0. The van der Waals surface area contributed by atoms with Crippen LogP contribution in [-0.4, -0.2) is 37.5 Å². The molecule has 1 heterocycles. The molecule has 4 rings (SSSR count). The van der Waals surface area contributed by atoms with Crippen LogP contribution in [0.2, 0.25) is 0 Å². The number of nitrogens with one attached hydrogen (secondary N) is 1. The maximum Gasteiger partial charge on any atom is 0.224 e. The van der Waals surface area contributed by atoms with E-state index in [-0.39, 0.29) is 18.1 Å².